The average molecular weight is 289 g/mol. The number of ether oxygens (including phenoxy) is 1. The normalized spacial score (nSPS) is 18.6. The summed E-state index contributed by atoms with van der Waals surface area (Å²) in [6.07, 6.45) is 3.05. The Morgan fingerprint density at radius 3 is 3.15 bits per heavy atom. The molecular formula is C16H17ClN2O. The van der Waals surface area contributed by atoms with Crippen LogP contribution in [0.4, 0.5) is 5.82 Å². The second-order valence-corrected chi connectivity index (χ2v) is 5.33. The van der Waals surface area contributed by atoms with Gasteiger partial charge in [-0.1, -0.05) is 41.9 Å². The zero-order chi connectivity index (χ0) is 13.9. The van der Waals surface area contributed by atoms with E-state index in [4.69, 9.17) is 16.3 Å². The first-order valence-corrected chi connectivity index (χ1v) is 7.18. The second kappa shape index (κ2) is 5.81. The molecule has 1 aromatic heterocycles. The van der Waals surface area contributed by atoms with Crippen LogP contribution < -0.4 is 4.90 Å². The van der Waals surface area contributed by atoms with Crippen molar-refractivity contribution in [2.75, 3.05) is 24.6 Å². The van der Waals surface area contributed by atoms with E-state index >= 15 is 0 Å². The van der Waals surface area contributed by atoms with E-state index in [9.17, 15) is 0 Å². The van der Waals surface area contributed by atoms with Crippen molar-refractivity contribution in [1.29, 1.82) is 0 Å². The third-order valence-electron chi connectivity index (χ3n) is 3.60. The maximum atomic E-state index is 6.28. The number of rotatable bonds is 4. The van der Waals surface area contributed by atoms with Crippen LogP contribution in [0.25, 0.3) is 10.8 Å². The number of benzene rings is 1. The van der Waals surface area contributed by atoms with Crippen LogP contribution in [0, 0.1) is 0 Å². The average Bonchev–Trinajstić information content (AvgIpc) is 2.94. The number of hydrogen-bond donors (Lipinski definition) is 0. The number of hydrogen-bond acceptors (Lipinski definition) is 3. The molecule has 3 nitrogen and oxygen atoms in total. The van der Waals surface area contributed by atoms with Gasteiger partial charge in [-0.2, -0.15) is 0 Å². The minimum absolute atomic E-state index is 0.250. The van der Waals surface area contributed by atoms with E-state index in [1.807, 2.05) is 18.2 Å². The molecule has 104 valence electrons. The molecule has 1 aliphatic heterocycles. The number of anilines is 1. The zero-order valence-corrected chi connectivity index (χ0v) is 12.0. The van der Waals surface area contributed by atoms with Crippen LogP contribution in [0.15, 0.2) is 43.0 Å². The summed E-state index contributed by atoms with van der Waals surface area (Å²) in [5, 5.41) is 2.68. The van der Waals surface area contributed by atoms with Crippen LogP contribution >= 0.6 is 11.6 Å². The van der Waals surface area contributed by atoms with Gasteiger partial charge in [0.2, 0.25) is 0 Å². The van der Waals surface area contributed by atoms with Crippen molar-refractivity contribution in [2.24, 2.45) is 0 Å². The van der Waals surface area contributed by atoms with Crippen LogP contribution in [-0.4, -0.2) is 30.8 Å². The Labute approximate surface area is 123 Å². The van der Waals surface area contributed by atoms with Gasteiger partial charge in [0.15, 0.2) is 0 Å². The van der Waals surface area contributed by atoms with E-state index in [1.165, 1.54) is 0 Å². The minimum atomic E-state index is 0.250. The van der Waals surface area contributed by atoms with Crippen LogP contribution in [0.3, 0.4) is 0 Å². The molecule has 1 saturated heterocycles. The SMILES string of the molecule is C=CCOC1CCN(c2cc3ccccc3c(Cl)n2)C1. The van der Waals surface area contributed by atoms with E-state index in [0.29, 0.717) is 11.8 Å². The van der Waals surface area contributed by atoms with Crippen molar-refractivity contribution in [2.45, 2.75) is 12.5 Å². The summed E-state index contributed by atoms with van der Waals surface area (Å²) in [4.78, 5) is 6.74. The molecule has 2 aromatic rings. The first-order chi connectivity index (χ1) is 9.78. The lowest BCUT2D eigenvalue weighted by Crippen LogP contribution is -2.23. The third kappa shape index (κ3) is 2.65. The van der Waals surface area contributed by atoms with Crippen molar-refractivity contribution in [3.05, 3.63) is 48.1 Å². The molecule has 0 spiro atoms. The monoisotopic (exact) mass is 288 g/mol. The maximum absolute atomic E-state index is 6.28. The maximum Gasteiger partial charge on any atom is 0.139 e. The van der Waals surface area contributed by atoms with Gasteiger partial charge in [0.25, 0.3) is 0 Å². The number of pyridine rings is 1. The molecule has 3 rings (SSSR count). The molecule has 0 bridgehead atoms. The number of nitrogens with zero attached hydrogens (tertiary/aromatic N) is 2. The van der Waals surface area contributed by atoms with Crippen molar-refractivity contribution < 1.29 is 4.74 Å². The van der Waals surface area contributed by atoms with Gasteiger partial charge in [-0.25, -0.2) is 4.98 Å². The summed E-state index contributed by atoms with van der Waals surface area (Å²) in [5.74, 6) is 0.929. The van der Waals surface area contributed by atoms with E-state index < -0.39 is 0 Å². The van der Waals surface area contributed by atoms with Crippen LogP contribution in [-0.2, 0) is 4.74 Å². The Bertz CT molecular complexity index is 629. The van der Waals surface area contributed by atoms with E-state index in [1.54, 1.807) is 6.08 Å². The number of halogens is 1. The molecule has 0 N–H and O–H groups in total. The van der Waals surface area contributed by atoms with Crippen molar-refractivity contribution in [3.63, 3.8) is 0 Å². The summed E-state index contributed by atoms with van der Waals surface area (Å²) < 4.78 is 5.70. The Balaban J connectivity index is 1.83. The first kappa shape index (κ1) is 13.4. The zero-order valence-electron chi connectivity index (χ0n) is 11.3. The predicted octanol–water partition coefficient (Wildman–Crippen LogP) is 3.67. The van der Waals surface area contributed by atoms with Crippen molar-refractivity contribution in [1.82, 2.24) is 4.98 Å². The molecule has 0 saturated carbocycles. The van der Waals surface area contributed by atoms with Gasteiger partial charge in [-0.05, 0) is 17.9 Å². The van der Waals surface area contributed by atoms with Gasteiger partial charge < -0.3 is 9.64 Å². The minimum Gasteiger partial charge on any atom is -0.372 e. The summed E-state index contributed by atoms with van der Waals surface area (Å²) >= 11 is 6.28. The van der Waals surface area contributed by atoms with Gasteiger partial charge in [-0.15, -0.1) is 6.58 Å². The standard InChI is InChI=1S/C16H17ClN2O/c1-2-9-20-13-7-8-19(11-13)15-10-12-5-3-4-6-14(12)16(17)18-15/h2-6,10,13H,1,7-9,11H2. The Morgan fingerprint density at radius 1 is 1.45 bits per heavy atom. The molecule has 0 aliphatic carbocycles. The Hall–Kier alpha value is -1.58. The molecule has 1 aromatic carbocycles. The van der Waals surface area contributed by atoms with Crippen LogP contribution in [0.5, 0.6) is 0 Å². The highest BCUT2D eigenvalue weighted by molar-refractivity contribution is 6.34. The van der Waals surface area contributed by atoms with Gasteiger partial charge in [0.1, 0.15) is 11.0 Å². The Kier molecular flexibility index (Phi) is 3.90. The van der Waals surface area contributed by atoms with Gasteiger partial charge >= 0.3 is 0 Å². The van der Waals surface area contributed by atoms with E-state index in [0.717, 1.165) is 36.1 Å². The molecule has 1 aliphatic rings. The number of aromatic nitrogens is 1. The molecule has 1 atom stereocenters. The molecule has 4 heteroatoms. The second-order valence-electron chi connectivity index (χ2n) is 4.97. The quantitative estimate of drug-likeness (QED) is 0.634. The molecular weight excluding hydrogens is 272 g/mol. The fourth-order valence-electron chi connectivity index (χ4n) is 2.58. The van der Waals surface area contributed by atoms with Crippen molar-refractivity contribution >= 4 is 28.2 Å². The fourth-order valence-corrected chi connectivity index (χ4v) is 2.84. The summed E-state index contributed by atoms with van der Waals surface area (Å²) in [5.41, 5.74) is 0. The molecule has 1 fully saturated rings. The molecule has 2 heterocycles. The largest absolute Gasteiger partial charge is 0.372 e. The topological polar surface area (TPSA) is 25.4 Å². The lowest BCUT2D eigenvalue weighted by Gasteiger charge is -2.18. The lowest BCUT2D eigenvalue weighted by molar-refractivity contribution is 0.0909. The predicted molar refractivity (Wildman–Crippen MR) is 83.5 cm³/mol. The molecule has 0 radical (unpaired) electrons. The van der Waals surface area contributed by atoms with E-state index in [-0.39, 0.29) is 6.10 Å². The molecule has 20 heavy (non-hydrogen) atoms. The first-order valence-electron chi connectivity index (χ1n) is 6.80. The highest BCUT2D eigenvalue weighted by Crippen LogP contribution is 2.28. The smallest absolute Gasteiger partial charge is 0.139 e. The van der Waals surface area contributed by atoms with Crippen molar-refractivity contribution in [3.8, 4) is 0 Å². The third-order valence-corrected chi connectivity index (χ3v) is 3.89. The molecule has 0 amide bonds. The molecule has 1 unspecified atom stereocenters. The highest BCUT2D eigenvalue weighted by atomic mass is 35.5. The summed E-state index contributed by atoms with van der Waals surface area (Å²) in [7, 11) is 0. The summed E-state index contributed by atoms with van der Waals surface area (Å²) in [6, 6.07) is 10.1. The van der Waals surface area contributed by atoms with Crippen LogP contribution in [0.1, 0.15) is 6.42 Å². The van der Waals surface area contributed by atoms with Gasteiger partial charge in [0, 0.05) is 18.5 Å². The van der Waals surface area contributed by atoms with Gasteiger partial charge in [0.05, 0.1) is 12.7 Å². The Morgan fingerprint density at radius 2 is 2.30 bits per heavy atom. The number of fused-ring (bicyclic) bond motifs is 1. The van der Waals surface area contributed by atoms with Crippen LogP contribution in [0.2, 0.25) is 5.15 Å². The highest BCUT2D eigenvalue weighted by Gasteiger charge is 2.24. The van der Waals surface area contributed by atoms with E-state index in [2.05, 4.69) is 28.6 Å². The lowest BCUT2D eigenvalue weighted by atomic mass is 10.2. The fraction of sp³-hybridized carbons (Fsp3) is 0.312. The van der Waals surface area contributed by atoms with Gasteiger partial charge in [-0.3, -0.25) is 0 Å². The summed E-state index contributed by atoms with van der Waals surface area (Å²) in [6.45, 7) is 6.08.